The second-order valence-corrected chi connectivity index (χ2v) is 2.97. The van der Waals surface area contributed by atoms with Crippen molar-refractivity contribution >= 4 is 5.97 Å². The van der Waals surface area contributed by atoms with Gasteiger partial charge in [-0.15, -0.1) is 0 Å². The Morgan fingerprint density at radius 2 is 2.33 bits per heavy atom. The van der Waals surface area contributed by atoms with Crippen LogP contribution in [0.25, 0.3) is 0 Å². The van der Waals surface area contributed by atoms with Gasteiger partial charge in [0.1, 0.15) is 0 Å². The summed E-state index contributed by atoms with van der Waals surface area (Å²) in [7, 11) is 0. The lowest BCUT2D eigenvalue weighted by Crippen LogP contribution is -2.12. The molecular weight excluding hydrogens is 152 g/mol. The molecule has 0 spiro atoms. The molecule has 0 bridgehead atoms. The van der Waals surface area contributed by atoms with E-state index in [1.54, 1.807) is 6.08 Å². The molecule has 66 valence electrons. The minimum atomic E-state index is -0.242. The van der Waals surface area contributed by atoms with E-state index >= 15 is 0 Å². The normalized spacial score (nSPS) is 25.1. The van der Waals surface area contributed by atoms with Crippen molar-refractivity contribution < 1.29 is 9.53 Å². The van der Waals surface area contributed by atoms with E-state index in [-0.39, 0.29) is 12.1 Å². The molecule has 0 saturated carbocycles. The van der Waals surface area contributed by atoms with Crippen molar-refractivity contribution in [1.82, 2.24) is 0 Å². The van der Waals surface area contributed by atoms with Crippen LogP contribution < -0.4 is 0 Å². The van der Waals surface area contributed by atoms with E-state index in [9.17, 15) is 4.79 Å². The molecule has 0 N–H and O–H groups in total. The van der Waals surface area contributed by atoms with Crippen LogP contribution in [0, 0.1) is 0 Å². The average molecular weight is 166 g/mol. The molecule has 0 amide bonds. The molecule has 0 aliphatic carbocycles. The first kappa shape index (κ1) is 9.04. The van der Waals surface area contributed by atoms with Gasteiger partial charge in [0.15, 0.2) is 0 Å². The monoisotopic (exact) mass is 166 g/mol. The van der Waals surface area contributed by atoms with Gasteiger partial charge in [-0.3, -0.25) is 0 Å². The van der Waals surface area contributed by atoms with Gasteiger partial charge in [-0.1, -0.05) is 18.2 Å². The Morgan fingerprint density at radius 1 is 1.50 bits per heavy atom. The zero-order valence-corrected chi connectivity index (χ0v) is 7.32. The summed E-state index contributed by atoms with van der Waals surface area (Å²) in [6, 6.07) is 0. The molecule has 12 heavy (non-hydrogen) atoms. The first-order valence-electron chi connectivity index (χ1n) is 4.33. The molecule has 1 unspecified atom stereocenters. The lowest BCUT2D eigenvalue weighted by Gasteiger charge is -2.11. The van der Waals surface area contributed by atoms with Crippen molar-refractivity contribution in [3.05, 3.63) is 24.3 Å². The van der Waals surface area contributed by atoms with Gasteiger partial charge in [0.05, 0.1) is 6.10 Å². The third kappa shape index (κ3) is 3.37. The topological polar surface area (TPSA) is 26.3 Å². The third-order valence-electron chi connectivity index (χ3n) is 1.78. The maximum atomic E-state index is 11.0. The Kier molecular flexibility index (Phi) is 3.58. The summed E-state index contributed by atoms with van der Waals surface area (Å²) in [6.07, 6.45) is 10.3. The number of esters is 1. The van der Waals surface area contributed by atoms with Gasteiger partial charge in [0.2, 0.25) is 0 Å². The number of ether oxygens (including phenoxy) is 1. The molecule has 1 heterocycles. The van der Waals surface area contributed by atoms with Gasteiger partial charge in [-0.25, -0.2) is 4.79 Å². The molecule has 1 aliphatic heterocycles. The summed E-state index contributed by atoms with van der Waals surface area (Å²) < 4.78 is 5.07. The fourth-order valence-electron chi connectivity index (χ4n) is 1.13. The summed E-state index contributed by atoms with van der Waals surface area (Å²) in [5.74, 6) is -0.242. The maximum Gasteiger partial charge on any atom is 0.331 e. The largest absolute Gasteiger partial charge is 0.460 e. The van der Waals surface area contributed by atoms with Gasteiger partial charge in [-0.05, 0) is 26.2 Å². The number of hydrogen-bond donors (Lipinski definition) is 0. The van der Waals surface area contributed by atoms with Gasteiger partial charge >= 0.3 is 5.97 Å². The Balaban J connectivity index is 2.53. The van der Waals surface area contributed by atoms with Crippen molar-refractivity contribution in [3.63, 3.8) is 0 Å². The maximum absolute atomic E-state index is 11.0. The van der Waals surface area contributed by atoms with Crippen LogP contribution in [0.4, 0.5) is 0 Å². The average Bonchev–Trinajstić information content (AvgIpc) is 2.02. The van der Waals surface area contributed by atoms with Crippen molar-refractivity contribution in [2.24, 2.45) is 0 Å². The Morgan fingerprint density at radius 3 is 3.17 bits per heavy atom. The van der Waals surface area contributed by atoms with Gasteiger partial charge in [-0.2, -0.15) is 0 Å². The molecule has 1 rings (SSSR count). The molecule has 2 nitrogen and oxygen atoms in total. The van der Waals surface area contributed by atoms with Crippen LogP contribution in [-0.2, 0) is 9.53 Å². The van der Waals surface area contributed by atoms with Gasteiger partial charge in [0.25, 0.3) is 0 Å². The van der Waals surface area contributed by atoms with E-state index in [4.69, 9.17) is 4.74 Å². The smallest absolute Gasteiger partial charge is 0.331 e. The van der Waals surface area contributed by atoms with Gasteiger partial charge < -0.3 is 4.74 Å². The first-order chi connectivity index (χ1) is 5.79. The lowest BCUT2D eigenvalue weighted by atomic mass is 10.1. The van der Waals surface area contributed by atoms with Crippen LogP contribution >= 0.6 is 0 Å². The summed E-state index contributed by atoms with van der Waals surface area (Å²) in [5.41, 5.74) is 0. The summed E-state index contributed by atoms with van der Waals surface area (Å²) in [6.45, 7) is 1.93. The second kappa shape index (κ2) is 4.75. The highest BCUT2D eigenvalue weighted by atomic mass is 16.5. The number of carbonyl (C=O) groups is 1. The number of hydrogen-bond acceptors (Lipinski definition) is 2. The molecule has 2 heteroatoms. The van der Waals surface area contributed by atoms with E-state index < -0.39 is 0 Å². The molecule has 0 aromatic carbocycles. The molecule has 1 atom stereocenters. The van der Waals surface area contributed by atoms with E-state index in [0.717, 1.165) is 19.3 Å². The predicted octanol–water partition coefficient (Wildman–Crippen LogP) is 2.21. The molecular formula is C10H14O2. The van der Waals surface area contributed by atoms with Crippen LogP contribution in [0.5, 0.6) is 0 Å². The molecule has 0 aromatic heterocycles. The van der Waals surface area contributed by atoms with Crippen LogP contribution in [0.3, 0.4) is 0 Å². The highest BCUT2D eigenvalue weighted by Crippen LogP contribution is 2.07. The number of rotatable bonds is 0. The molecule has 0 radical (unpaired) electrons. The quantitative estimate of drug-likeness (QED) is 0.516. The summed E-state index contributed by atoms with van der Waals surface area (Å²) >= 11 is 0. The summed E-state index contributed by atoms with van der Waals surface area (Å²) in [5, 5.41) is 0. The first-order valence-corrected chi connectivity index (χ1v) is 4.33. The van der Waals surface area contributed by atoms with Crippen LogP contribution in [0.1, 0.15) is 26.2 Å². The fraction of sp³-hybridized carbons (Fsp3) is 0.500. The molecule has 0 fully saturated rings. The highest BCUT2D eigenvalue weighted by Gasteiger charge is 2.05. The van der Waals surface area contributed by atoms with E-state index in [0.29, 0.717) is 0 Å². The third-order valence-corrected chi connectivity index (χ3v) is 1.78. The van der Waals surface area contributed by atoms with E-state index in [2.05, 4.69) is 6.08 Å². The van der Waals surface area contributed by atoms with Crippen LogP contribution in [0.15, 0.2) is 24.3 Å². The zero-order valence-electron chi connectivity index (χ0n) is 7.32. The lowest BCUT2D eigenvalue weighted by molar-refractivity contribution is -0.142. The molecule has 0 aromatic rings. The van der Waals surface area contributed by atoms with Gasteiger partial charge in [0, 0.05) is 6.08 Å². The highest BCUT2D eigenvalue weighted by molar-refractivity contribution is 5.82. The Bertz CT molecular complexity index is 204. The van der Waals surface area contributed by atoms with E-state index in [1.165, 1.54) is 6.08 Å². The molecule has 1 aliphatic rings. The number of carbonyl (C=O) groups excluding carboxylic acids is 1. The SMILES string of the molecule is CC1CCCC=CC=CC(=O)O1. The Hall–Kier alpha value is -1.05. The van der Waals surface area contributed by atoms with Crippen molar-refractivity contribution in [3.8, 4) is 0 Å². The summed E-state index contributed by atoms with van der Waals surface area (Å²) in [4.78, 5) is 11.0. The van der Waals surface area contributed by atoms with Crippen LogP contribution in [-0.4, -0.2) is 12.1 Å². The molecule has 0 saturated heterocycles. The van der Waals surface area contributed by atoms with E-state index in [1.807, 2.05) is 13.0 Å². The Labute approximate surface area is 72.9 Å². The minimum absolute atomic E-state index is 0.0497. The van der Waals surface area contributed by atoms with Crippen molar-refractivity contribution in [2.75, 3.05) is 0 Å². The van der Waals surface area contributed by atoms with Crippen LogP contribution in [0.2, 0.25) is 0 Å². The fourth-order valence-corrected chi connectivity index (χ4v) is 1.13. The number of allylic oxidation sites excluding steroid dienone is 3. The minimum Gasteiger partial charge on any atom is -0.460 e. The second-order valence-electron chi connectivity index (χ2n) is 2.97. The van der Waals surface area contributed by atoms with Crippen molar-refractivity contribution in [2.45, 2.75) is 32.3 Å². The predicted molar refractivity (Wildman–Crippen MR) is 47.7 cm³/mol. The zero-order chi connectivity index (χ0) is 8.81. The standard InChI is InChI=1S/C10H14O2/c1-9-7-5-3-2-4-6-8-10(11)12-9/h2,4,6,8-9H,3,5,7H2,1H3. The van der Waals surface area contributed by atoms with Crippen molar-refractivity contribution in [1.29, 1.82) is 0 Å². The number of cyclic esters (lactones) is 1.